The van der Waals surface area contributed by atoms with Crippen molar-refractivity contribution in [1.82, 2.24) is 15.0 Å². The lowest BCUT2D eigenvalue weighted by molar-refractivity contribution is 0.0199. The molecule has 0 radical (unpaired) electrons. The number of carbonyl (C=O) groups excluding carboxylic acids is 1. The molecule has 0 spiro atoms. The van der Waals surface area contributed by atoms with Gasteiger partial charge in [0, 0.05) is 13.0 Å². The maximum Gasteiger partial charge on any atom is 0.410 e. The van der Waals surface area contributed by atoms with Crippen LogP contribution in [0, 0.1) is 0 Å². The first-order chi connectivity index (χ1) is 15.9. The second-order valence-electron chi connectivity index (χ2n) is 10.7. The first kappa shape index (κ1) is 27.7. The van der Waals surface area contributed by atoms with Gasteiger partial charge in [0.25, 0.3) is 0 Å². The quantitative estimate of drug-likeness (QED) is 0.231. The van der Waals surface area contributed by atoms with Crippen LogP contribution in [0.15, 0.2) is 4.52 Å². The van der Waals surface area contributed by atoms with E-state index in [1.165, 1.54) is 83.5 Å². The summed E-state index contributed by atoms with van der Waals surface area (Å²) in [6.45, 7) is 8.61. The van der Waals surface area contributed by atoms with Crippen molar-refractivity contribution in [2.75, 3.05) is 6.54 Å². The maximum absolute atomic E-state index is 12.5. The van der Waals surface area contributed by atoms with E-state index < -0.39 is 5.60 Å². The van der Waals surface area contributed by atoms with Crippen molar-refractivity contribution in [2.24, 2.45) is 0 Å². The minimum atomic E-state index is -0.502. The van der Waals surface area contributed by atoms with Crippen molar-refractivity contribution in [3.05, 3.63) is 11.7 Å². The SMILES string of the molecule is CCCCCCCCCCCCCCCCc1noc([C@@H]2CCCN2C(=O)OC(C)(C)C)n1. The highest BCUT2D eigenvalue weighted by molar-refractivity contribution is 5.69. The van der Waals surface area contributed by atoms with Gasteiger partial charge in [0.1, 0.15) is 11.6 Å². The predicted molar refractivity (Wildman–Crippen MR) is 133 cm³/mol. The zero-order valence-corrected chi connectivity index (χ0v) is 21.9. The van der Waals surface area contributed by atoms with E-state index in [0.717, 1.165) is 31.5 Å². The van der Waals surface area contributed by atoms with Gasteiger partial charge in [0.2, 0.25) is 5.89 Å². The molecule has 33 heavy (non-hydrogen) atoms. The first-order valence-electron chi connectivity index (χ1n) is 13.7. The van der Waals surface area contributed by atoms with E-state index in [-0.39, 0.29) is 12.1 Å². The summed E-state index contributed by atoms with van der Waals surface area (Å²) in [5.74, 6) is 1.32. The van der Waals surface area contributed by atoms with E-state index in [1.807, 2.05) is 20.8 Å². The van der Waals surface area contributed by atoms with Crippen molar-refractivity contribution in [1.29, 1.82) is 0 Å². The largest absolute Gasteiger partial charge is 0.444 e. The number of hydrogen-bond acceptors (Lipinski definition) is 5. The van der Waals surface area contributed by atoms with Gasteiger partial charge in [-0.2, -0.15) is 4.98 Å². The highest BCUT2D eigenvalue weighted by Crippen LogP contribution is 2.32. The monoisotopic (exact) mass is 463 g/mol. The van der Waals surface area contributed by atoms with E-state index in [1.54, 1.807) is 4.90 Å². The minimum absolute atomic E-state index is 0.155. The third-order valence-electron chi connectivity index (χ3n) is 6.40. The number of likely N-dealkylation sites (tertiary alicyclic amines) is 1. The number of ether oxygens (including phenoxy) is 1. The lowest BCUT2D eigenvalue weighted by Crippen LogP contribution is -2.36. The third kappa shape index (κ3) is 11.4. The van der Waals surface area contributed by atoms with Crippen molar-refractivity contribution in [3.8, 4) is 0 Å². The van der Waals surface area contributed by atoms with Gasteiger partial charge in [-0.3, -0.25) is 4.90 Å². The second-order valence-corrected chi connectivity index (χ2v) is 10.7. The third-order valence-corrected chi connectivity index (χ3v) is 6.40. The molecule has 0 N–H and O–H groups in total. The number of aromatic nitrogens is 2. The van der Waals surface area contributed by atoms with E-state index in [9.17, 15) is 4.79 Å². The summed E-state index contributed by atoms with van der Waals surface area (Å²) in [6, 6.07) is -0.155. The fraction of sp³-hybridized carbons (Fsp3) is 0.889. The molecule has 2 rings (SSSR count). The van der Waals surface area contributed by atoms with Crippen molar-refractivity contribution in [3.63, 3.8) is 0 Å². The number of unbranched alkanes of at least 4 members (excludes halogenated alkanes) is 13. The average molecular weight is 464 g/mol. The van der Waals surface area contributed by atoms with E-state index in [0.29, 0.717) is 12.4 Å². The minimum Gasteiger partial charge on any atom is -0.444 e. The molecule has 1 saturated heterocycles. The van der Waals surface area contributed by atoms with Crippen molar-refractivity contribution >= 4 is 6.09 Å². The fourth-order valence-corrected chi connectivity index (χ4v) is 4.54. The zero-order valence-electron chi connectivity index (χ0n) is 21.9. The molecule has 0 aliphatic carbocycles. The summed E-state index contributed by atoms with van der Waals surface area (Å²) in [5.41, 5.74) is -0.502. The molecular formula is C27H49N3O3. The van der Waals surface area contributed by atoms with Gasteiger partial charge in [0.15, 0.2) is 5.82 Å². The van der Waals surface area contributed by atoms with Gasteiger partial charge < -0.3 is 9.26 Å². The molecule has 1 aromatic heterocycles. The van der Waals surface area contributed by atoms with Crippen LogP contribution in [-0.2, 0) is 11.2 Å². The number of carbonyl (C=O) groups is 1. The molecule has 1 aliphatic heterocycles. The highest BCUT2D eigenvalue weighted by Gasteiger charge is 2.36. The molecule has 0 bridgehead atoms. The van der Waals surface area contributed by atoms with Gasteiger partial charge >= 0.3 is 6.09 Å². The second kappa shape index (κ2) is 15.3. The molecule has 6 nitrogen and oxygen atoms in total. The van der Waals surface area contributed by atoms with Gasteiger partial charge in [-0.1, -0.05) is 95.6 Å². The van der Waals surface area contributed by atoms with Crippen LogP contribution in [0.4, 0.5) is 4.79 Å². The number of nitrogens with zero attached hydrogens (tertiary/aromatic N) is 3. The van der Waals surface area contributed by atoms with Gasteiger partial charge in [-0.15, -0.1) is 0 Å². The van der Waals surface area contributed by atoms with Crippen LogP contribution >= 0.6 is 0 Å². The predicted octanol–water partition coefficient (Wildman–Crippen LogP) is 8.17. The molecule has 0 unspecified atom stereocenters. The summed E-state index contributed by atoms with van der Waals surface area (Å²) < 4.78 is 11.1. The summed E-state index contributed by atoms with van der Waals surface area (Å²) in [7, 11) is 0. The summed E-state index contributed by atoms with van der Waals surface area (Å²) >= 11 is 0. The lowest BCUT2D eigenvalue weighted by atomic mass is 10.0. The Hall–Kier alpha value is -1.59. The number of rotatable bonds is 16. The molecule has 1 amide bonds. The van der Waals surface area contributed by atoms with Crippen molar-refractivity contribution in [2.45, 2.75) is 148 Å². The first-order valence-corrected chi connectivity index (χ1v) is 13.7. The van der Waals surface area contributed by atoms with Gasteiger partial charge in [-0.05, 0) is 40.0 Å². The molecule has 6 heteroatoms. The topological polar surface area (TPSA) is 68.5 Å². The Labute approximate surface area is 202 Å². The Bertz CT molecular complexity index is 653. The number of amides is 1. The smallest absolute Gasteiger partial charge is 0.410 e. The Morgan fingerprint density at radius 2 is 1.48 bits per heavy atom. The number of hydrogen-bond donors (Lipinski definition) is 0. The van der Waals surface area contributed by atoms with Crippen LogP contribution in [0.1, 0.15) is 148 Å². The Morgan fingerprint density at radius 1 is 0.939 bits per heavy atom. The van der Waals surface area contributed by atoms with Crippen LogP contribution < -0.4 is 0 Å². The fourth-order valence-electron chi connectivity index (χ4n) is 4.54. The maximum atomic E-state index is 12.5. The van der Waals surface area contributed by atoms with Crippen LogP contribution in [-0.4, -0.2) is 33.3 Å². The molecule has 190 valence electrons. The summed E-state index contributed by atoms with van der Waals surface area (Å²) in [4.78, 5) is 18.8. The molecular weight excluding hydrogens is 414 g/mol. The standard InChI is InChI=1S/C27H49N3O3/c1-5-6-7-8-9-10-11-12-13-14-15-16-17-18-21-24-28-25(33-29-24)23-20-19-22-30(23)26(31)32-27(2,3)4/h23H,5-22H2,1-4H3/t23-/m0/s1. The molecule has 0 aromatic carbocycles. The van der Waals surface area contributed by atoms with Crippen LogP contribution in [0.25, 0.3) is 0 Å². The Balaban J connectivity index is 1.53. The molecule has 1 fully saturated rings. The average Bonchev–Trinajstić information content (AvgIpc) is 3.42. The summed E-state index contributed by atoms with van der Waals surface area (Å²) in [6.07, 6.45) is 21.3. The van der Waals surface area contributed by atoms with Gasteiger partial charge in [0.05, 0.1) is 0 Å². The van der Waals surface area contributed by atoms with Crippen LogP contribution in [0.5, 0.6) is 0 Å². The lowest BCUT2D eigenvalue weighted by Gasteiger charge is -2.26. The van der Waals surface area contributed by atoms with E-state index >= 15 is 0 Å². The molecule has 2 heterocycles. The van der Waals surface area contributed by atoms with Crippen LogP contribution in [0.2, 0.25) is 0 Å². The summed E-state index contributed by atoms with van der Waals surface area (Å²) in [5, 5.41) is 4.16. The zero-order chi connectivity index (χ0) is 23.9. The Morgan fingerprint density at radius 3 is 2.03 bits per heavy atom. The number of aryl methyl sites for hydroxylation is 1. The molecule has 0 saturated carbocycles. The van der Waals surface area contributed by atoms with Crippen LogP contribution in [0.3, 0.4) is 0 Å². The normalized spacial score (nSPS) is 16.5. The molecule has 1 atom stereocenters. The Kier molecular flexibility index (Phi) is 12.9. The van der Waals surface area contributed by atoms with Crippen molar-refractivity contribution < 1.29 is 14.1 Å². The van der Waals surface area contributed by atoms with E-state index in [2.05, 4.69) is 17.1 Å². The molecule has 1 aliphatic rings. The highest BCUT2D eigenvalue weighted by atomic mass is 16.6. The van der Waals surface area contributed by atoms with E-state index in [4.69, 9.17) is 9.26 Å². The molecule has 1 aromatic rings. The van der Waals surface area contributed by atoms with Gasteiger partial charge in [-0.25, -0.2) is 4.79 Å².